The Morgan fingerprint density at radius 1 is 1.24 bits per heavy atom. The fourth-order valence-electron chi connectivity index (χ4n) is 1.86. The number of pyridine rings is 2. The molecule has 1 amide bonds. The van der Waals surface area contributed by atoms with Crippen LogP contribution in [0.15, 0.2) is 48.9 Å². The number of nitrogens with zero attached hydrogens (tertiary/aromatic N) is 3. The number of carbonyl (C=O) groups is 2. The zero-order valence-corrected chi connectivity index (χ0v) is 10.7. The highest BCUT2D eigenvalue weighted by atomic mass is 16.4. The normalized spacial score (nSPS) is 10.5. The summed E-state index contributed by atoms with van der Waals surface area (Å²) in [7, 11) is 0. The summed E-state index contributed by atoms with van der Waals surface area (Å²) < 4.78 is 1.72. The Morgan fingerprint density at radius 3 is 2.86 bits per heavy atom. The minimum atomic E-state index is -1.08. The molecule has 2 N–H and O–H groups in total. The van der Waals surface area contributed by atoms with Crippen molar-refractivity contribution in [2.24, 2.45) is 0 Å². The first-order valence-electron chi connectivity index (χ1n) is 6.08. The molecule has 0 spiro atoms. The zero-order chi connectivity index (χ0) is 14.8. The highest BCUT2D eigenvalue weighted by Gasteiger charge is 2.12. The molecule has 104 valence electrons. The quantitative estimate of drug-likeness (QED) is 0.761. The number of amides is 1. The fraction of sp³-hybridized carbons (Fsp3) is 0. The monoisotopic (exact) mass is 282 g/mol. The summed E-state index contributed by atoms with van der Waals surface area (Å²) in [5.41, 5.74) is 0.925. The van der Waals surface area contributed by atoms with E-state index in [9.17, 15) is 9.59 Å². The minimum absolute atomic E-state index is 0.0512. The Balaban J connectivity index is 1.85. The summed E-state index contributed by atoms with van der Waals surface area (Å²) in [5, 5.41) is 11.4. The van der Waals surface area contributed by atoms with E-state index in [4.69, 9.17) is 5.11 Å². The molecule has 0 aromatic carbocycles. The van der Waals surface area contributed by atoms with Gasteiger partial charge in [-0.2, -0.15) is 0 Å². The van der Waals surface area contributed by atoms with Gasteiger partial charge in [0.25, 0.3) is 5.91 Å². The first kappa shape index (κ1) is 12.8. The van der Waals surface area contributed by atoms with Crippen molar-refractivity contribution in [2.75, 3.05) is 5.32 Å². The van der Waals surface area contributed by atoms with Crippen LogP contribution in [-0.4, -0.2) is 31.4 Å². The summed E-state index contributed by atoms with van der Waals surface area (Å²) in [6.07, 6.45) is 4.69. The highest BCUT2D eigenvalue weighted by molar-refractivity contribution is 6.03. The van der Waals surface area contributed by atoms with E-state index in [1.807, 2.05) is 12.1 Å². The Labute approximate surface area is 118 Å². The van der Waals surface area contributed by atoms with Crippen LogP contribution in [0.5, 0.6) is 0 Å². The van der Waals surface area contributed by atoms with Crippen LogP contribution in [0.2, 0.25) is 0 Å². The minimum Gasteiger partial charge on any atom is -0.478 e. The molecule has 0 fully saturated rings. The maximum absolute atomic E-state index is 12.1. The van der Waals surface area contributed by atoms with Crippen LogP contribution in [0.3, 0.4) is 0 Å². The first-order chi connectivity index (χ1) is 10.1. The summed E-state index contributed by atoms with van der Waals surface area (Å²) in [5.74, 6) is -1.37. The molecule has 3 aromatic rings. The van der Waals surface area contributed by atoms with Crippen LogP contribution < -0.4 is 5.32 Å². The molecule has 0 aliphatic carbocycles. The van der Waals surface area contributed by atoms with Crippen molar-refractivity contribution in [3.8, 4) is 0 Å². The predicted octanol–water partition coefficient (Wildman–Crippen LogP) is 1.68. The van der Waals surface area contributed by atoms with Crippen molar-refractivity contribution >= 4 is 23.3 Å². The number of imidazole rings is 1. The van der Waals surface area contributed by atoms with E-state index < -0.39 is 11.9 Å². The number of hydrogen-bond acceptors (Lipinski definition) is 4. The molecule has 7 nitrogen and oxygen atoms in total. The summed E-state index contributed by atoms with van der Waals surface area (Å²) >= 11 is 0. The van der Waals surface area contributed by atoms with E-state index in [0.717, 1.165) is 0 Å². The van der Waals surface area contributed by atoms with Crippen molar-refractivity contribution in [1.82, 2.24) is 14.4 Å². The molecule has 0 bridgehead atoms. The number of nitrogens with one attached hydrogen (secondary N) is 1. The largest absolute Gasteiger partial charge is 0.478 e. The molecule has 3 rings (SSSR count). The van der Waals surface area contributed by atoms with Gasteiger partial charge >= 0.3 is 5.97 Å². The molecule has 21 heavy (non-hydrogen) atoms. The second kappa shape index (κ2) is 5.04. The number of aromatic carboxylic acids is 1. The summed E-state index contributed by atoms with van der Waals surface area (Å²) in [4.78, 5) is 31.0. The third kappa shape index (κ3) is 2.57. The van der Waals surface area contributed by atoms with Crippen molar-refractivity contribution in [1.29, 1.82) is 0 Å². The lowest BCUT2D eigenvalue weighted by atomic mass is 10.2. The van der Waals surface area contributed by atoms with Gasteiger partial charge in [-0.25, -0.2) is 14.8 Å². The number of aromatic nitrogens is 3. The van der Waals surface area contributed by atoms with Crippen molar-refractivity contribution in [3.63, 3.8) is 0 Å². The van der Waals surface area contributed by atoms with E-state index in [1.54, 1.807) is 22.9 Å². The molecule has 0 unspecified atom stereocenters. The molecule has 0 saturated heterocycles. The highest BCUT2D eigenvalue weighted by Crippen LogP contribution is 2.10. The number of hydrogen-bond donors (Lipinski definition) is 2. The molecular weight excluding hydrogens is 272 g/mol. The Hall–Kier alpha value is -3.22. The smallest absolute Gasteiger partial charge is 0.335 e. The van der Waals surface area contributed by atoms with E-state index in [-0.39, 0.29) is 17.1 Å². The SMILES string of the molecule is O=C(O)c1ccnc(NC(=O)c2cn3ccccc3n2)c1. The lowest BCUT2D eigenvalue weighted by Crippen LogP contribution is -2.14. The van der Waals surface area contributed by atoms with Crippen molar-refractivity contribution < 1.29 is 14.7 Å². The van der Waals surface area contributed by atoms with Gasteiger partial charge in [-0.05, 0) is 24.3 Å². The van der Waals surface area contributed by atoms with Crippen LogP contribution in [-0.2, 0) is 0 Å². The Bertz CT molecular complexity index is 808. The maximum atomic E-state index is 12.1. The lowest BCUT2D eigenvalue weighted by Gasteiger charge is -2.02. The maximum Gasteiger partial charge on any atom is 0.335 e. The van der Waals surface area contributed by atoms with Gasteiger partial charge < -0.3 is 14.8 Å². The zero-order valence-electron chi connectivity index (χ0n) is 10.7. The van der Waals surface area contributed by atoms with Gasteiger partial charge in [0.05, 0.1) is 5.56 Å². The van der Waals surface area contributed by atoms with Gasteiger partial charge in [-0.1, -0.05) is 6.07 Å². The number of anilines is 1. The summed E-state index contributed by atoms with van der Waals surface area (Å²) in [6, 6.07) is 8.06. The van der Waals surface area contributed by atoms with Crippen LogP contribution >= 0.6 is 0 Å². The van der Waals surface area contributed by atoms with Crippen LogP contribution in [0.4, 0.5) is 5.82 Å². The topological polar surface area (TPSA) is 96.6 Å². The number of carboxylic acid groups (broad SMARTS) is 1. The van der Waals surface area contributed by atoms with Crippen molar-refractivity contribution in [2.45, 2.75) is 0 Å². The van der Waals surface area contributed by atoms with E-state index >= 15 is 0 Å². The third-order valence-electron chi connectivity index (χ3n) is 2.85. The van der Waals surface area contributed by atoms with Gasteiger partial charge in [-0.3, -0.25) is 4.79 Å². The molecule has 0 atom stereocenters. The predicted molar refractivity (Wildman–Crippen MR) is 74.3 cm³/mol. The van der Waals surface area contributed by atoms with Gasteiger partial charge in [0.15, 0.2) is 0 Å². The molecule has 0 aliphatic heterocycles. The van der Waals surface area contributed by atoms with E-state index in [2.05, 4.69) is 15.3 Å². The van der Waals surface area contributed by atoms with Gasteiger partial charge in [0.2, 0.25) is 0 Å². The molecule has 0 aliphatic rings. The van der Waals surface area contributed by atoms with Crippen LogP contribution in [0.25, 0.3) is 5.65 Å². The van der Waals surface area contributed by atoms with Crippen LogP contribution in [0, 0.1) is 0 Å². The van der Waals surface area contributed by atoms with Gasteiger partial charge in [0.1, 0.15) is 17.2 Å². The van der Waals surface area contributed by atoms with Gasteiger partial charge in [-0.15, -0.1) is 0 Å². The van der Waals surface area contributed by atoms with Gasteiger partial charge in [0, 0.05) is 18.6 Å². The average molecular weight is 282 g/mol. The molecule has 0 radical (unpaired) electrons. The standard InChI is InChI=1S/C14H10N4O3/c19-13(10-8-18-6-2-1-3-12(18)16-10)17-11-7-9(14(20)21)4-5-15-11/h1-8H,(H,20,21)(H,15,17,19). The number of rotatable bonds is 3. The van der Waals surface area contributed by atoms with Crippen molar-refractivity contribution in [3.05, 3.63) is 60.2 Å². The van der Waals surface area contributed by atoms with E-state index in [1.165, 1.54) is 18.3 Å². The molecule has 3 aromatic heterocycles. The second-order valence-electron chi connectivity index (χ2n) is 4.28. The lowest BCUT2D eigenvalue weighted by molar-refractivity contribution is 0.0696. The number of carbonyl (C=O) groups excluding carboxylic acids is 1. The Kier molecular flexibility index (Phi) is 3.07. The van der Waals surface area contributed by atoms with E-state index in [0.29, 0.717) is 5.65 Å². The third-order valence-corrected chi connectivity index (χ3v) is 2.85. The average Bonchev–Trinajstić information content (AvgIpc) is 2.91. The molecular formula is C14H10N4O3. The first-order valence-corrected chi connectivity index (χ1v) is 6.08. The molecule has 3 heterocycles. The Morgan fingerprint density at radius 2 is 2.10 bits per heavy atom. The fourth-order valence-corrected chi connectivity index (χ4v) is 1.86. The molecule has 7 heteroatoms. The second-order valence-corrected chi connectivity index (χ2v) is 4.28. The number of fused-ring (bicyclic) bond motifs is 1. The van der Waals surface area contributed by atoms with Crippen LogP contribution in [0.1, 0.15) is 20.8 Å². The summed E-state index contributed by atoms with van der Waals surface area (Å²) in [6.45, 7) is 0. The number of carboxylic acids is 1. The molecule has 0 saturated carbocycles.